The predicted molar refractivity (Wildman–Crippen MR) is 85.4 cm³/mol. The van der Waals surface area contributed by atoms with Crippen molar-refractivity contribution in [2.24, 2.45) is 0 Å². The molecule has 1 amide bonds. The van der Waals surface area contributed by atoms with E-state index in [0.29, 0.717) is 23.1 Å². The molecule has 0 N–H and O–H groups in total. The van der Waals surface area contributed by atoms with E-state index in [1.807, 2.05) is 30.3 Å². The van der Waals surface area contributed by atoms with Crippen molar-refractivity contribution in [3.05, 3.63) is 60.2 Å². The number of para-hydroxylation sites is 1. The lowest BCUT2D eigenvalue weighted by atomic mass is 10.1. The standard InChI is InChI=1S/C17H14N4O3/c22-15(12-6-2-1-3-7-12)16(20-10-11-24-17(20)23)21-14-9-5-4-8-13(14)18-19-21/h1-9,16H,10-11H2. The molecule has 7 heteroatoms. The third kappa shape index (κ3) is 2.30. The van der Waals surface area contributed by atoms with E-state index in [2.05, 4.69) is 10.3 Å². The molecule has 0 aliphatic carbocycles. The Kier molecular flexibility index (Phi) is 3.45. The van der Waals surface area contributed by atoms with Crippen molar-refractivity contribution in [1.29, 1.82) is 0 Å². The second-order valence-corrected chi connectivity index (χ2v) is 5.43. The Labute approximate surface area is 137 Å². The highest BCUT2D eigenvalue weighted by molar-refractivity contribution is 6.00. The summed E-state index contributed by atoms with van der Waals surface area (Å²) in [5, 5.41) is 8.21. The number of Topliss-reactive ketones (excluding diaryl/α,β-unsaturated/α-hetero) is 1. The molecule has 24 heavy (non-hydrogen) atoms. The van der Waals surface area contributed by atoms with Gasteiger partial charge in [-0.1, -0.05) is 47.7 Å². The third-order valence-electron chi connectivity index (χ3n) is 3.99. The molecular weight excluding hydrogens is 308 g/mol. The number of hydrogen-bond donors (Lipinski definition) is 0. The van der Waals surface area contributed by atoms with E-state index in [4.69, 9.17) is 4.74 Å². The Balaban J connectivity index is 1.84. The lowest BCUT2D eigenvalue weighted by Gasteiger charge is -2.24. The van der Waals surface area contributed by atoms with E-state index in [1.54, 1.807) is 24.3 Å². The topological polar surface area (TPSA) is 77.3 Å². The smallest absolute Gasteiger partial charge is 0.412 e. The van der Waals surface area contributed by atoms with E-state index in [-0.39, 0.29) is 12.4 Å². The van der Waals surface area contributed by atoms with Gasteiger partial charge in [-0.3, -0.25) is 9.69 Å². The summed E-state index contributed by atoms with van der Waals surface area (Å²) in [5.74, 6) is -0.231. The van der Waals surface area contributed by atoms with Crippen molar-refractivity contribution in [2.45, 2.75) is 6.17 Å². The Bertz CT molecular complexity index is 906. The van der Waals surface area contributed by atoms with Crippen molar-refractivity contribution in [3.63, 3.8) is 0 Å². The Morgan fingerprint density at radius 1 is 1.08 bits per heavy atom. The van der Waals surface area contributed by atoms with E-state index in [0.717, 1.165) is 0 Å². The summed E-state index contributed by atoms with van der Waals surface area (Å²) in [7, 11) is 0. The molecule has 2 aromatic carbocycles. The van der Waals surface area contributed by atoms with E-state index in [9.17, 15) is 9.59 Å². The molecule has 1 aliphatic rings. The number of amides is 1. The second-order valence-electron chi connectivity index (χ2n) is 5.43. The van der Waals surface area contributed by atoms with E-state index < -0.39 is 12.3 Å². The number of nitrogens with zero attached hydrogens (tertiary/aromatic N) is 4. The summed E-state index contributed by atoms with van der Waals surface area (Å²) in [4.78, 5) is 26.5. The van der Waals surface area contributed by atoms with Gasteiger partial charge < -0.3 is 4.74 Å². The molecule has 120 valence electrons. The third-order valence-corrected chi connectivity index (χ3v) is 3.99. The van der Waals surface area contributed by atoms with Crippen LogP contribution >= 0.6 is 0 Å². The quantitative estimate of drug-likeness (QED) is 0.689. The molecule has 1 unspecified atom stereocenters. The van der Waals surface area contributed by atoms with Crippen LogP contribution in [0.5, 0.6) is 0 Å². The number of carbonyl (C=O) groups excluding carboxylic acids is 2. The number of rotatable bonds is 4. The first-order chi connectivity index (χ1) is 11.8. The van der Waals surface area contributed by atoms with Gasteiger partial charge in [0, 0.05) is 5.56 Å². The first-order valence-corrected chi connectivity index (χ1v) is 7.58. The number of fused-ring (bicyclic) bond motifs is 1. The zero-order valence-corrected chi connectivity index (χ0v) is 12.7. The normalized spacial score (nSPS) is 15.5. The highest BCUT2D eigenvalue weighted by Gasteiger charge is 2.37. The van der Waals surface area contributed by atoms with Gasteiger partial charge in [-0.15, -0.1) is 5.10 Å². The van der Waals surface area contributed by atoms with Crippen molar-refractivity contribution in [2.75, 3.05) is 13.2 Å². The average Bonchev–Trinajstić information content (AvgIpc) is 3.23. The number of hydrogen-bond acceptors (Lipinski definition) is 5. The molecule has 0 radical (unpaired) electrons. The molecule has 2 heterocycles. The summed E-state index contributed by atoms with van der Waals surface area (Å²) < 4.78 is 6.50. The Hall–Kier alpha value is -3.22. The molecule has 0 bridgehead atoms. The zero-order chi connectivity index (χ0) is 16.5. The highest BCUT2D eigenvalue weighted by Crippen LogP contribution is 2.25. The molecule has 4 rings (SSSR count). The van der Waals surface area contributed by atoms with Crippen LogP contribution in [0.4, 0.5) is 4.79 Å². The van der Waals surface area contributed by atoms with Crippen LogP contribution < -0.4 is 0 Å². The fourth-order valence-corrected chi connectivity index (χ4v) is 2.83. The minimum atomic E-state index is -0.921. The Morgan fingerprint density at radius 2 is 1.83 bits per heavy atom. The number of carbonyl (C=O) groups is 2. The lowest BCUT2D eigenvalue weighted by Crippen LogP contribution is -2.39. The Morgan fingerprint density at radius 3 is 2.58 bits per heavy atom. The number of ketones is 1. The lowest BCUT2D eigenvalue weighted by molar-refractivity contribution is 0.0749. The molecule has 3 aromatic rings. The minimum absolute atomic E-state index is 0.231. The minimum Gasteiger partial charge on any atom is -0.447 e. The van der Waals surface area contributed by atoms with Crippen LogP contribution in [0.25, 0.3) is 11.0 Å². The molecule has 1 atom stereocenters. The van der Waals surface area contributed by atoms with Crippen molar-refractivity contribution in [3.8, 4) is 0 Å². The van der Waals surface area contributed by atoms with Crippen LogP contribution in [0, 0.1) is 0 Å². The van der Waals surface area contributed by atoms with Gasteiger partial charge in [0.1, 0.15) is 12.1 Å². The number of cyclic esters (lactones) is 1. The molecule has 7 nitrogen and oxygen atoms in total. The first kappa shape index (κ1) is 14.4. The molecule has 0 saturated carbocycles. The van der Waals surface area contributed by atoms with Crippen LogP contribution in [0.3, 0.4) is 0 Å². The molecule has 1 aromatic heterocycles. The first-order valence-electron chi connectivity index (χ1n) is 7.58. The summed E-state index contributed by atoms with van der Waals surface area (Å²) in [6.45, 7) is 0.584. The van der Waals surface area contributed by atoms with Gasteiger partial charge in [0.15, 0.2) is 6.17 Å². The van der Waals surface area contributed by atoms with Gasteiger partial charge >= 0.3 is 6.09 Å². The van der Waals surface area contributed by atoms with Crippen molar-refractivity contribution in [1.82, 2.24) is 19.9 Å². The van der Waals surface area contributed by atoms with Gasteiger partial charge in [0.25, 0.3) is 0 Å². The fourth-order valence-electron chi connectivity index (χ4n) is 2.83. The van der Waals surface area contributed by atoms with Gasteiger partial charge in [0.2, 0.25) is 5.78 Å². The van der Waals surface area contributed by atoms with Crippen LogP contribution in [0.2, 0.25) is 0 Å². The highest BCUT2D eigenvalue weighted by atomic mass is 16.6. The van der Waals surface area contributed by atoms with E-state index in [1.165, 1.54) is 9.58 Å². The monoisotopic (exact) mass is 322 g/mol. The van der Waals surface area contributed by atoms with Crippen LogP contribution in [0.15, 0.2) is 54.6 Å². The number of benzene rings is 2. The van der Waals surface area contributed by atoms with Crippen LogP contribution in [0.1, 0.15) is 16.5 Å². The summed E-state index contributed by atoms with van der Waals surface area (Å²) in [6, 6.07) is 16.2. The summed E-state index contributed by atoms with van der Waals surface area (Å²) in [5.41, 5.74) is 1.85. The van der Waals surface area contributed by atoms with Crippen LogP contribution in [-0.2, 0) is 4.74 Å². The van der Waals surface area contributed by atoms with Crippen molar-refractivity contribution >= 4 is 22.9 Å². The van der Waals surface area contributed by atoms with Gasteiger partial charge in [-0.05, 0) is 12.1 Å². The fraction of sp³-hybridized carbons (Fsp3) is 0.176. The maximum Gasteiger partial charge on any atom is 0.412 e. The van der Waals surface area contributed by atoms with E-state index >= 15 is 0 Å². The number of aromatic nitrogens is 3. The molecule has 1 saturated heterocycles. The van der Waals surface area contributed by atoms with Gasteiger partial charge in [-0.25, -0.2) is 9.48 Å². The zero-order valence-electron chi connectivity index (χ0n) is 12.7. The van der Waals surface area contributed by atoms with Gasteiger partial charge in [-0.2, -0.15) is 0 Å². The number of ether oxygens (including phenoxy) is 1. The summed E-state index contributed by atoms with van der Waals surface area (Å²) in [6.07, 6.45) is -1.45. The van der Waals surface area contributed by atoms with Gasteiger partial charge in [0.05, 0.1) is 12.1 Å². The van der Waals surface area contributed by atoms with Crippen molar-refractivity contribution < 1.29 is 14.3 Å². The predicted octanol–water partition coefficient (Wildman–Crippen LogP) is 2.26. The SMILES string of the molecule is O=C(c1ccccc1)C(N1CCOC1=O)n1nnc2ccccc21. The maximum atomic E-state index is 13.1. The maximum absolute atomic E-state index is 13.1. The average molecular weight is 322 g/mol. The molecule has 0 spiro atoms. The molecule has 1 aliphatic heterocycles. The van der Waals surface area contributed by atoms with Crippen LogP contribution in [-0.4, -0.2) is 44.9 Å². The molecule has 1 fully saturated rings. The second kappa shape index (κ2) is 5.77. The molecular formula is C17H14N4O3. The largest absolute Gasteiger partial charge is 0.447 e. The summed E-state index contributed by atoms with van der Waals surface area (Å²) >= 11 is 0.